The molecule has 3 aromatic rings. The Kier molecular flexibility index (Phi) is 2.67. The highest BCUT2D eigenvalue weighted by Gasteiger charge is 2.19. The zero-order valence-corrected chi connectivity index (χ0v) is 10.9. The van der Waals surface area contributed by atoms with Crippen LogP contribution in [0.15, 0.2) is 22.8 Å². The summed E-state index contributed by atoms with van der Waals surface area (Å²) in [5, 5.41) is 6.75. The fourth-order valence-corrected chi connectivity index (χ4v) is 2.12. The van der Waals surface area contributed by atoms with Crippen LogP contribution in [0.3, 0.4) is 0 Å². The molecule has 0 radical (unpaired) electrons. The molecule has 0 amide bonds. The van der Waals surface area contributed by atoms with Crippen molar-refractivity contribution < 1.29 is 8.78 Å². The van der Waals surface area contributed by atoms with Crippen LogP contribution in [0.4, 0.5) is 14.7 Å². The molecule has 0 fully saturated rings. The van der Waals surface area contributed by atoms with Gasteiger partial charge in [-0.1, -0.05) is 0 Å². The number of nitrogens with zero attached hydrogens (tertiary/aromatic N) is 3. The molecule has 19 heavy (non-hydrogen) atoms. The largest absolute Gasteiger partial charge is 0.368 e. The number of aromatic amines is 1. The number of anilines is 1. The second-order valence-corrected chi connectivity index (χ2v) is 4.64. The minimum absolute atomic E-state index is 0.0625. The average molecular weight is 326 g/mol. The zero-order valence-electron chi connectivity index (χ0n) is 9.28. The Morgan fingerprint density at radius 3 is 2.79 bits per heavy atom. The lowest BCUT2D eigenvalue weighted by Crippen LogP contribution is -2.00. The third kappa shape index (κ3) is 1.84. The number of aromatic nitrogens is 4. The second kappa shape index (κ2) is 4.23. The van der Waals surface area contributed by atoms with Crippen molar-refractivity contribution in [2.24, 2.45) is 0 Å². The van der Waals surface area contributed by atoms with E-state index in [4.69, 9.17) is 5.73 Å². The summed E-state index contributed by atoms with van der Waals surface area (Å²) in [6.45, 7) is 0. The average Bonchev–Trinajstić information content (AvgIpc) is 2.82. The summed E-state index contributed by atoms with van der Waals surface area (Å²) in [6.07, 6.45) is 1.39. The van der Waals surface area contributed by atoms with Gasteiger partial charge in [-0.05, 0) is 28.1 Å². The Hall–Kier alpha value is -2.09. The van der Waals surface area contributed by atoms with Crippen molar-refractivity contribution in [3.05, 3.63) is 34.4 Å². The summed E-state index contributed by atoms with van der Waals surface area (Å²) in [7, 11) is 0. The second-order valence-electron chi connectivity index (χ2n) is 3.78. The number of rotatable bonds is 1. The van der Waals surface area contributed by atoms with Crippen molar-refractivity contribution in [3.63, 3.8) is 0 Å². The Bertz CT molecular complexity index is 786. The fraction of sp³-hybridized carbons (Fsp3) is 0. The van der Waals surface area contributed by atoms with E-state index in [1.807, 2.05) is 0 Å². The van der Waals surface area contributed by atoms with Crippen LogP contribution < -0.4 is 5.73 Å². The maximum Gasteiger partial charge on any atom is 0.222 e. The number of fused-ring (bicyclic) bond motifs is 1. The molecule has 1 aromatic carbocycles. The van der Waals surface area contributed by atoms with Crippen LogP contribution in [-0.4, -0.2) is 20.2 Å². The first-order valence-electron chi connectivity index (χ1n) is 5.18. The Balaban J connectivity index is 2.42. The predicted octanol–water partition coefficient (Wildman–Crippen LogP) is 2.64. The van der Waals surface area contributed by atoms with Gasteiger partial charge in [0.25, 0.3) is 0 Å². The van der Waals surface area contributed by atoms with E-state index in [2.05, 4.69) is 36.1 Å². The van der Waals surface area contributed by atoms with Gasteiger partial charge in [-0.2, -0.15) is 10.1 Å². The highest BCUT2D eigenvalue weighted by molar-refractivity contribution is 9.10. The van der Waals surface area contributed by atoms with E-state index in [1.54, 1.807) is 0 Å². The monoisotopic (exact) mass is 325 g/mol. The highest BCUT2D eigenvalue weighted by Crippen LogP contribution is 2.33. The van der Waals surface area contributed by atoms with Gasteiger partial charge >= 0.3 is 0 Å². The number of hydrogen-bond acceptors (Lipinski definition) is 4. The summed E-state index contributed by atoms with van der Waals surface area (Å²) in [5.74, 6) is -1.58. The van der Waals surface area contributed by atoms with Crippen LogP contribution in [0.25, 0.3) is 22.3 Å². The van der Waals surface area contributed by atoms with Gasteiger partial charge < -0.3 is 5.73 Å². The molecule has 2 heterocycles. The first kappa shape index (κ1) is 12.0. The molecule has 8 heteroatoms. The standard InChI is InChI=1S/C11H6BrF2N5/c12-5-1-2-6(13)7(8(5)14)9-4-3-16-19-10(4)18-11(15)17-9/h1-3H,(H3,15,16,17,18,19). The maximum absolute atomic E-state index is 14.1. The lowest BCUT2D eigenvalue weighted by Gasteiger charge is -2.07. The van der Waals surface area contributed by atoms with Crippen molar-refractivity contribution in [2.45, 2.75) is 0 Å². The van der Waals surface area contributed by atoms with Gasteiger partial charge in [-0.25, -0.2) is 13.8 Å². The van der Waals surface area contributed by atoms with E-state index in [0.717, 1.165) is 6.07 Å². The number of nitrogens with two attached hydrogens (primary N) is 1. The number of H-pyrrole nitrogens is 1. The van der Waals surface area contributed by atoms with E-state index in [1.165, 1.54) is 12.3 Å². The van der Waals surface area contributed by atoms with Crippen molar-refractivity contribution in [3.8, 4) is 11.3 Å². The molecular formula is C11H6BrF2N5. The minimum atomic E-state index is -0.749. The minimum Gasteiger partial charge on any atom is -0.368 e. The van der Waals surface area contributed by atoms with E-state index < -0.39 is 11.6 Å². The molecule has 2 aromatic heterocycles. The summed E-state index contributed by atoms with van der Waals surface area (Å²) >= 11 is 3.01. The number of halogens is 3. The van der Waals surface area contributed by atoms with E-state index >= 15 is 0 Å². The zero-order chi connectivity index (χ0) is 13.6. The van der Waals surface area contributed by atoms with Crippen LogP contribution in [0.2, 0.25) is 0 Å². The molecule has 0 atom stereocenters. The Morgan fingerprint density at radius 1 is 1.21 bits per heavy atom. The molecule has 0 aliphatic rings. The normalized spacial score (nSPS) is 11.1. The Morgan fingerprint density at radius 2 is 2.00 bits per heavy atom. The summed E-state index contributed by atoms with van der Waals surface area (Å²) < 4.78 is 28.1. The lowest BCUT2D eigenvalue weighted by molar-refractivity contribution is 0.584. The van der Waals surface area contributed by atoms with Gasteiger partial charge in [0.15, 0.2) is 5.65 Å². The lowest BCUT2D eigenvalue weighted by atomic mass is 10.1. The smallest absolute Gasteiger partial charge is 0.222 e. The van der Waals surface area contributed by atoms with Crippen LogP contribution in [0, 0.1) is 11.6 Å². The van der Waals surface area contributed by atoms with Crippen LogP contribution in [0.1, 0.15) is 0 Å². The molecule has 0 saturated carbocycles. The summed E-state index contributed by atoms with van der Waals surface area (Å²) in [5.41, 5.74) is 5.65. The molecule has 3 rings (SSSR count). The number of nitrogens with one attached hydrogen (secondary N) is 1. The van der Waals surface area contributed by atoms with E-state index in [0.29, 0.717) is 11.0 Å². The molecule has 0 spiro atoms. The van der Waals surface area contributed by atoms with Crippen LogP contribution in [0.5, 0.6) is 0 Å². The predicted molar refractivity (Wildman–Crippen MR) is 69.1 cm³/mol. The van der Waals surface area contributed by atoms with Crippen molar-refractivity contribution >= 4 is 32.9 Å². The molecule has 5 nitrogen and oxygen atoms in total. The van der Waals surface area contributed by atoms with Crippen molar-refractivity contribution in [1.29, 1.82) is 0 Å². The third-order valence-electron chi connectivity index (χ3n) is 2.61. The van der Waals surface area contributed by atoms with Crippen molar-refractivity contribution in [2.75, 3.05) is 5.73 Å². The topological polar surface area (TPSA) is 80.5 Å². The molecular weight excluding hydrogens is 320 g/mol. The SMILES string of the molecule is Nc1nc(-c2c(F)ccc(Br)c2F)c2cn[nH]c2n1. The summed E-state index contributed by atoms with van der Waals surface area (Å²) in [4.78, 5) is 7.81. The Labute approximate surface area is 114 Å². The molecule has 0 aliphatic carbocycles. The van der Waals surface area contributed by atoms with Gasteiger partial charge in [-0.3, -0.25) is 5.10 Å². The van der Waals surface area contributed by atoms with E-state index in [-0.39, 0.29) is 21.7 Å². The van der Waals surface area contributed by atoms with E-state index in [9.17, 15) is 8.78 Å². The number of nitrogen functional groups attached to an aromatic ring is 1. The number of benzene rings is 1. The van der Waals surface area contributed by atoms with Crippen LogP contribution in [-0.2, 0) is 0 Å². The molecule has 3 N–H and O–H groups in total. The summed E-state index contributed by atoms with van der Waals surface area (Å²) in [6, 6.07) is 2.43. The van der Waals surface area contributed by atoms with Gasteiger partial charge in [0.05, 0.1) is 27.3 Å². The first-order chi connectivity index (χ1) is 9.08. The quantitative estimate of drug-likeness (QED) is 0.674. The van der Waals surface area contributed by atoms with Gasteiger partial charge in [0, 0.05) is 0 Å². The van der Waals surface area contributed by atoms with Gasteiger partial charge in [0.1, 0.15) is 11.6 Å². The highest BCUT2D eigenvalue weighted by atomic mass is 79.9. The van der Waals surface area contributed by atoms with Crippen molar-refractivity contribution in [1.82, 2.24) is 20.2 Å². The van der Waals surface area contributed by atoms with Crippen LogP contribution >= 0.6 is 15.9 Å². The maximum atomic E-state index is 14.1. The first-order valence-corrected chi connectivity index (χ1v) is 5.97. The van der Waals surface area contributed by atoms with Gasteiger partial charge in [-0.15, -0.1) is 0 Å². The number of hydrogen-bond donors (Lipinski definition) is 2. The third-order valence-corrected chi connectivity index (χ3v) is 3.22. The molecule has 0 bridgehead atoms. The molecule has 96 valence electrons. The molecule has 0 saturated heterocycles. The fourth-order valence-electron chi connectivity index (χ4n) is 1.79. The molecule has 0 aliphatic heterocycles. The molecule has 0 unspecified atom stereocenters. The van der Waals surface area contributed by atoms with Gasteiger partial charge in [0.2, 0.25) is 5.95 Å².